The molecule has 1 saturated heterocycles. The van der Waals surface area contributed by atoms with Crippen LogP contribution in [-0.2, 0) is 17.5 Å². The van der Waals surface area contributed by atoms with E-state index in [0.717, 1.165) is 24.0 Å². The van der Waals surface area contributed by atoms with Crippen LogP contribution in [0.5, 0.6) is 17.2 Å². The van der Waals surface area contributed by atoms with Gasteiger partial charge < -0.3 is 29.2 Å². The first-order chi connectivity index (χ1) is 19.6. The molecule has 1 atom stereocenters. The Labute approximate surface area is 236 Å². The van der Waals surface area contributed by atoms with E-state index in [0.29, 0.717) is 53.7 Å². The number of carbonyl (C=O) groups excluding carboxylic acids is 2. The maximum atomic E-state index is 13.7. The molecule has 0 spiro atoms. The van der Waals surface area contributed by atoms with Gasteiger partial charge in [0.25, 0.3) is 5.91 Å². The van der Waals surface area contributed by atoms with Crippen molar-refractivity contribution in [2.75, 3.05) is 53.3 Å². The van der Waals surface area contributed by atoms with Gasteiger partial charge in [-0.15, -0.1) is 0 Å². The number of ether oxygens (including phenoxy) is 3. The van der Waals surface area contributed by atoms with Gasteiger partial charge in [-0.25, -0.2) is 0 Å². The molecular weight excluding hydrogens is 539 g/mol. The monoisotopic (exact) mass is 571 g/mol. The fraction of sp³-hybridized carbons (Fsp3) is 0.333. The number of halogens is 3. The molecule has 41 heavy (non-hydrogen) atoms. The van der Waals surface area contributed by atoms with Crippen LogP contribution >= 0.6 is 0 Å². The number of rotatable bonds is 9. The third kappa shape index (κ3) is 6.40. The summed E-state index contributed by atoms with van der Waals surface area (Å²) in [5.74, 6) is 1.13. The first-order valence-electron chi connectivity index (χ1n) is 12.9. The van der Waals surface area contributed by atoms with Gasteiger partial charge in [-0.2, -0.15) is 13.2 Å². The number of amides is 1. The maximum absolute atomic E-state index is 13.7. The van der Waals surface area contributed by atoms with Gasteiger partial charge in [-0.3, -0.25) is 9.69 Å². The van der Waals surface area contributed by atoms with E-state index >= 15 is 0 Å². The van der Waals surface area contributed by atoms with E-state index in [2.05, 4.69) is 10.2 Å². The summed E-state index contributed by atoms with van der Waals surface area (Å²) in [7, 11) is 6.26. The summed E-state index contributed by atoms with van der Waals surface area (Å²) in [6.45, 7) is 1.56. The quantitative estimate of drug-likeness (QED) is 0.364. The zero-order valence-corrected chi connectivity index (χ0v) is 23.2. The molecule has 1 aliphatic rings. The topological polar surface area (TPSA) is 80.3 Å². The lowest BCUT2D eigenvalue weighted by molar-refractivity contribution is -0.137. The predicted molar refractivity (Wildman–Crippen MR) is 149 cm³/mol. The molecule has 1 aliphatic heterocycles. The second-order valence-corrected chi connectivity index (χ2v) is 9.56. The zero-order valence-electron chi connectivity index (χ0n) is 23.2. The molecule has 1 N–H and O–H groups in total. The Morgan fingerprint density at radius 3 is 2.24 bits per heavy atom. The van der Waals surface area contributed by atoms with E-state index in [1.54, 1.807) is 31.3 Å². The van der Waals surface area contributed by atoms with Crippen molar-refractivity contribution in [3.05, 3.63) is 71.3 Å². The lowest BCUT2D eigenvalue weighted by Gasteiger charge is -2.39. The Kier molecular flexibility index (Phi) is 9.07. The second-order valence-electron chi connectivity index (χ2n) is 9.56. The molecule has 0 saturated carbocycles. The number of aldehydes is 1. The fourth-order valence-electron chi connectivity index (χ4n) is 5.02. The number of piperazine rings is 1. The Bertz CT molecular complexity index is 1390. The summed E-state index contributed by atoms with van der Waals surface area (Å²) in [6, 6.07) is 12.8. The molecule has 1 heterocycles. The van der Waals surface area contributed by atoms with Crippen LogP contribution in [0.1, 0.15) is 21.5 Å². The Morgan fingerprint density at radius 2 is 1.66 bits per heavy atom. The van der Waals surface area contributed by atoms with Crippen molar-refractivity contribution >= 4 is 17.9 Å². The smallest absolute Gasteiger partial charge is 0.416 e. The maximum Gasteiger partial charge on any atom is 0.416 e. The van der Waals surface area contributed by atoms with Crippen LogP contribution in [0.25, 0.3) is 11.1 Å². The Balaban J connectivity index is 1.56. The van der Waals surface area contributed by atoms with Crippen LogP contribution in [0.4, 0.5) is 18.9 Å². The van der Waals surface area contributed by atoms with E-state index in [9.17, 15) is 22.8 Å². The normalized spacial score (nSPS) is 15.8. The number of nitrogens with zero attached hydrogens (tertiary/aromatic N) is 2. The molecule has 3 aromatic rings. The van der Waals surface area contributed by atoms with Crippen molar-refractivity contribution in [2.45, 2.75) is 18.8 Å². The van der Waals surface area contributed by atoms with Gasteiger partial charge in [0.1, 0.15) is 12.3 Å². The number of hydrogen-bond acceptors (Lipinski definition) is 7. The summed E-state index contributed by atoms with van der Waals surface area (Å²) < 4.78 is 56.1. The Morgan fingerprint density at radius 1 is 0.976 bits per heavy atom. The highest BCUT2D eigenvalue weighted by Gasteiger charge is 2.33. The summed E-state index contributed by atoms with van der Waals surface area (Å²) in [5.41, 5.74) is 1.68. The van der Waals surface area contributed by atoms with Gasteiger partial charge in [0, 0.05) is 38.9 Å². The molecule has 218 valence electrons. The van der Waals surface area contributed by atoms with E-state index in [1.807, 2.05) is 12.1 Å². The molecule has 11 heteroatoms. The first-order valence-corrected chi connectivity index (χ1v) is 12.9. The van der Waals surface area contributed by atoms with Crippen molar-refractivity contribution in [3.8, 4) is 28.4 Å². The van der Waals surface area contributed by atoms with E-state index in [4.69, 9.17) is 14.2 Å². The first kappa shape index (κ1) is 29.7. The molecule has 8 nitrogen and oxygen atoms in total. The molecule has 1 amide bonds. The van der Waals surface area contributed by atoms with Crippen molar-refractivity contribution in [1.82, 2.24) is 9.80 Å². The summed E-state index contributed by atoms with van der Waals surface area (Å²) >= 11 is 0. The number of alkyl halides is 3. The number of anilines is 1. The molecule has 4 rings (SSSR count). The highest BCUT2D eigenvalue weighted by Crippen LogP contribution is 2.39. The molecule has 0 aromatic heterocycles. The van der Waals surface area contributed by atoms with Crippen LogP contribution in [0.2, 0.25) is 0 Å². The molecule has 3 aromatic carbocycles. The van der Waals surface area contributed by atoms with E-state index < -0.39 is 17.8 Å². The van der Waals surface area contributed by atoms with Crippen LogP contribution in [-0.4, -0.2) is 76.0 Å². The number of nitrogens with one attached hydrogen (secondary N) is 1. The van der Waals surface area contributed by atoms with Gasteiger partial charge in [-0.1, -0.05) is 18.2 Å². The number of hydrogen-bond donors (Lipinski definition) is 1. The summed E-state index contributed by atoms with van der Waals surface area (Å²) in [4.78, 5) is 29.5. The average molecular weight is 572 g/mol. The van der Waals surface area contributed by atoms with Gasteiger partial charge in [0.15, 0.2) is 11.5 Å². The minimum atomic E-state index is -4.49. The lowest BCUT2D eigenvalue weighted by atomic mass is 9.98. The molecule has 0 aliphatic carbocycles. The second kappa shape index (κ2) is 12.5. The number of benzene rings is 3. The van der Waals surface area contributed by atoms with Crippen LogP contribution in [0, 0.1) is 0 Å². The van der Waals surface area contributed by atoms with Gasteiger partial charge in [0.2, 0.25) is 5.75 Å². The standard InChI is InChI=1S/C30H32F3N3O5/c1-34-25-9-8-21(20-6-5-7-22(14-20)30(31,32)33)15-24(25)29(38)36-11-10-35(17-23(36)18-37)16-19-12-26(39-2)28(41-4)27(13-19)40-3/h5-9,12-15,18,23,34H,10-11,16-17H2,1-4H3. The third-order valence-corrected chi connectivity index (χ3v) is 7.09. The highest BCUT2D eigenvalue weighted by atomic mass is 19.4. The SMILES string of the molecule is CNc1ccc(-c2cccc(C(F)(F)F)c2)cc1C(=O)N1CCN(Cc2cc(OC)c(OC)c(OC)c2)CC1C=O. The predicted octanol–water partition coefficient (Wildman–Crippen LogP) is 4.97. The zero-order chi connectivity index (χ0) is 29.7. The average Bonchev–Trinajstić information content (AvgIpc) is 2.99. The lowest BCUT2D eigenvalue weighted by Crippen LogP contribution is -2.55. The summed E-state index contributed by atoms with van der Waals surface area (Å²) in [5, 5.41) is 2.97. The minimum absolute atomic E-state index is 0.271. The van der Waals surface area contributed by atoms with Gasteiger partial charge in [0.05, 0.1) is 32.5 Å². The van der Waals surface area contributed by atoms with Crippen molar-refractivity contribution < 1.29 is 37.0 Å². The fourth-order valence-corrected chi connectivity index (χ4v) is 5.02. The minimum Gasteiger partial charge on any atom is -0.493 e. The molecule has 1 unspecified atom stereocenters. The summed E-state index contributed by atoms with van der Waals surface area (Å²) in [6.07, 6.45) is -3.74. The van der Waals surface area contributed by atoms with Crippen molar-refractivity contribution in [2.24, 2.45) is 0 Å². The molecular formula is C30H32F3N3O5. The van der Waals surface area contributed by atoms with Crippen LogP contribution in [0.15, 0.2) is 54.6 Å². The largest absolute Gasteiger partial charge is 0.493 e. The third-order valence-electron chi connectivity index (χ3n) is 7.09. The van der Waals surface area contributed by atoms with Crippen molar-refractivity contribution in [3.63, 3.8) is 0 Å². The van der Waals surface area contributed by atoms with E-state index in [-0.39, 0.29) is 18.0 Å². The van der Waals surface area contributed by atoms with Crippen LogP contribution in [0.3, 0.4) is 0 Å². The molecule has 0 bridgehead atoms. The van der Waals surface area contributed by atoms with Crippen LogP contribution < -0.4 is 19.5 Å². The van der Waals surface area contributed by atoms with Gasteiger partial charge >= 0.3 is 6.18 Å². The van der Waals surface area contributed by atoms with Crippen molar-refractivity contribution in [1.29, 1.82) is 0 Å². The highest BCUT2D eigenvalue weighted by molar-refractivity contribution is 6.02. The number of methoxy groups -OCH3 is 3. The Hall–Kier alpha value is -4.25. The molecule has 1 fully saturated rings. The van der Waals surface area contributed by atoms with E-state index in [1.165, 1.54) is 32.3 Å². The molecule has 0 radical (unpaired) electrons. The van der Waals surface area contributed by atoms with Gasteiger partial charge in [-0.05, 0) is 53.1 Å². The number of carbonyl (C=O) groups is 2.